The summed E-state index contributed by atoms with van der Waals surface area (Å²) in [5, 5.41) is 3.37. The van der Waals surface area contributed by atoms with Crippen LogP contribution < -0.4 is 5.32 Å². The van der Waals surface area contributed by atoms with Gasteiger partial charge in [-0.25, -0.2) is 9.37 Å². The maximum atomic E-state index is 13.7. The van der Waals surface area contributed by atoms with Crippen LogP contribution in [0.3, 0.4) is 0 Å². The molecule has 3 aromatic rings. The van der Waals surface area contributed by atoms with Crippen LogP contribution in [0.1, 0.15) is 36.0 Å². The Hall–Kier alpha value is -1.98. The first kappa shape index (κ1) is 16.9. The molecule has 3 rings (SSSR count). The third kappa shape index (κ3) is 3.74. The minimum Gasteiger partial charge on any atom is -0.337 e. The van der Waals surface area contributed by atoms with Gasteiger partial charge in [-0.15, -0.1) is 11.3 Å². The molecule has 126 valence electrons. The molecule has 0 saturated carbocycles. The number of rotatable bonds is 6. The fourth-order valence-electron chi connectivity index (χ4n) is 2.63. The second-order valence-corrected chi connectivity index (χ2v) is 7.33. The number of aromatic nitrogens is 2. The fourth-order valence-corrected chi connectivity index (χ4v) is 3.70. The maximum Gasteiger partial charge on any atom is 0.123 e. The standard InChI is InChI=1S/C19H22FN3S/c1-13(2)17-6-7-18(24-17)16-5-4-15(20)10-14(16)11-21-12-19-22-8-9-23(19)3/h4-10,13,21H,11-12H2,1-3H3. The van der Waals surface area contributed by atoms with E-state index in [9.17, 15) is 4.39 Å². The van der Waals surface area contributed by atoms with Gasteiger partial charge >= 0.3 is 0 Å². The number of halogens is 1. The number of hydrogen-bond donors (Lipinski definition) is 1. The molecule has 1 aromatic carbocycles. The lowest BCUT2D eigenvalue weighted by molar-refractivity contribution is 0.614. The van der Waals surface area contributed by atoms with Gasteiger partial charge in [0.05, 0.1) is 6.54 Å². The molecule has 0 spiro atoms. The van der Waals surface area contributed by atoms with Crippen LogP contribution in [0.2, 0.25) is 0 Å². The monoisotopic (exact) mass is 343 g/mol. The molecule has 0 saturated heterocycles. The molecule has 0 bridgehead atoms. The van der Waals surface area contributed by atoms with Crippen LogP contribution in [0.15, 0.2) is 42.7 Å². The summed E-state index contributed by atoms with van der Waals surface area (Å²) >= 11 is 1.78. The van der Waals surface area contributed by atoms with Gasteiger partial charge in [0.15, 0.2) is 0 Å². The van der Waals surface area contributed by atoms with Crippen molar-refractivity contribution in [3.05, 3.63) is 64.8 Å². The molecular formula is C19H22FN3S. The zero-order valence-electron chi connectivity index (χ0n) is 14.2. The summed E-state index contributed by atoms with van der Waals surface area (Å²) in [4.78, 5) is 6.83. The Balaban J connectivity index is 1.78. The Labute approximate surface area is 146 Å². The van der Waals surface area contributed by atoms with Gasteiger partial charge in [0, 0.05) is 35.7 Å². The molecule has 24 heavy (non-hydrogen) atoms. The largest absolute Gasteiger partial charge is 0.337 e. The molecule has 2 heterocycles. The third-order valence-electron chi connectivity index (χ3n) is 4.05. The third-order valence-corrected chi connectivity index (χ3v) is 5.47. The lowest BCUT2D eigenvalue weighted by Crippen LogP contribution is -2.16. The zero-order chi connectivity index (χ0) is 17.1. The lowest BCUT2D eigenvalue weighted by Gasteiger charge is -2.10. The molecular weight excluding hydrogens is 321 g/mol. The van der Waals surface area contributed by atoms with Crippen LogP contribution in [-0.2, 0) is 20.1 Å². The SMILES string of the molecule is CC(C)c1ccc(-c2ccc(F)cc2CNCc2nccn2C)s1. The average Bonchev–Trinajstić information content (AvgIpc) is 3.17. The molecule has 0 amide bonds. The van der Waals surface area contributed by atoms with E-state index in [2.05, 4.69) is 36.3 Å². The lowest BCUT2D eigenvalue weighted by atomic mass is 10.1. The minimum absolute atomic E-state index is 0.201. The minimum atomic E-state index is -0.201. The predicted octanol–water partition coefficient (Wildman–Crippen LogP) is 4.70. The van der Waals surface area contributed by atoms with E-state index in [0.717, 1.165) is 17.0 Å². The van der Waals surface area contributed by atoms with Crippen LogP contribution in [0, 0.1) is 5.82 Å². The first-order valence-corrected chi connectivity index (χ1v) is 8.91. The highest BCUT2D eigenvalue weighted by Gasteiger charge is 2.11. The van der Waals surface area contributed by atoms with E-state index in [-0.39, 0.29) is 5.82 Å². The number of nitrogens with zero attached hydrogens (tertiary/aromatic N) is 2. The van der Waals surface area contributed by atoms with Crippen molar-refractivity contribution in [1.82, 2.24) is 14.9 Å². The fraction of sp³-hybridized carbons (Fsp3) is 0.316. The van der Waals surface area contributed by atoms with Gasteiger partial charge in [0.2, 0.25) is 0 Å². The average molecular weight is 343 g/mol. The molecule has 3 nitrogen and oxygen atoms in total. The van der Waals surface area contributed by atoms with E-state index in [1.54, 1.807) is 23.6 Å². The van der Waals surface area contributed by atoms with E-state index in [0.29, 0.717) is 19.0 Å². The van der Waals surface area contributed by atoms with Gasteiger partial charge in [-0.2, -0.15) is 0 Å². The summed E-state index contributed by atoms with van der Waals surface area (Å²) in [6, 6.07) is 9.33. The van der Waals surface area contributed by atoms with Gasteiger partial charge in [-0.1, -0.05) is 19.9 Å². The summed E-state index contributed by atoms with van der Waals surface area (Å²) in [5.41, 5.74) is 2.07. The van der Waals surface area contributed by atoms with Gasteiger partial charge in [-0.05, 0) is 41.3 Å². The Kier molecular flexibility index (Phi) is 5.11. The van der Waals surface area contributed by atoms with Gasteiger partial charge in [0.25, 0.3) is 0 Å². The predicted molar refractivity (Wildman–Crippen MR) is 97.6 cm³/mol. The summed E-state index contributed by atoms with van der Waals surface area (Å²) < 4.78 is 15.7. The Morgan fingerprint density at radius 3 is 2.71 bits per heavy atom. The molecule has 5 heteroatoms. The molecule has 2 aromatic heterocycles. The van der Waals surface area contributed by atoms with Crippen LogP contribution in [0.4, 0.5) is 4.39 Å². The molecule has 0 aliphatic carbocycles. The van der Waals surface area contributed by atoms with Crippen molar-refractivity contribution in [3.8, 4) is 10.4 Å². The molecule has 0 aliphatic rings. The normalized spacial score (nSPS) is 11.4. The highest BCUT2D eigenvalue weighted by atomic mass is 32.1. The molecule has 0 fully saturated rings. The Bertz CT molecular complexity index is 820. The van der Waals surface area contributed by atoms with Crippen molar-refractivity contribution in [2.24, 2.45) is 7.05 Å². The van der Waals surface area contributed by atoms with Crippen molar-refractivity contribution in [1.29, 1.82) is 0 Å². The van der Waals surface area contributed by atoms with Crippen molar-refractivity contribution in [3.63, 3.8) is 0 Å². The quantitative estimate of drug-likeness (QED) is 0.703. The van der Waals surface area contributed by atoms with E-state index < -0.39 is 0 Å². The van der Waals surface area contributed by atoms with Crippen LogP contribution in [0.25, 0.3) is 10.4 Å². The number of aryl methyl sites for hydroxylation is 1. The van der Waals surface area contributed by atoms with Crippen molar-refractivity contribution in [2.75, 3.05) is 0 Å². The van der Waals surface area contributed by atoms with Crippen LogP contribution in [-0.4, -0.2) is 9.55 Å². The van der Waals surface area contributed by atoms with E-state index in [1.165, 1.54) is 15.8 Å². The topological polar surface area (TPSA) is 29.9 Å². The van der Waals surface area contributed by atoms with Crippen LogP contribution in [0.5, 0.6) is 0 Å². The zero-order valence-corrected chi connectivity index (χ0v) is 15.0. The first-order chi connectivity index (χ1) is 11.5. The summed E-state index contributed by atoms with van der Waals surface area (Å²) in [5.74, 6) is 1.27. The molecule has 0 unspecified atom stereocenters. The second kappa shape index (κ2) is 7.28. The van der Waals surface area contributed by atoms with Gasteiger partial charge in [0.1, 0.15) is 11.6 Å². The smallest absolute Gasteiger partial charge is 0.123 e. The van der Waals surface area contributed by atoms with Crippen molar-refractivity contribution in [2.45, 2.75) is 32.9 Å². The number of benzene rings is 1. The van der Waals surface area contributed by atoms with E-state index >= 15 is 0 Å². The molecule has 0 atom stereocenters. The van der Waals surface area contributed by atoms with E-state index in [1.807, 2.05) is 23.9 Å². The van der Waals surface area contributed by atoms with Crippen LogP contribution >= 0.6 is 11.3 Å². The molecule has 0 aliphatic heterocycles. The highest BCUT2D eigenvalue weighted by molar-refractivity contribution is 7.15. The molecule has 0 radical (unpaired) electrons. The number of thiophene rings is 1. The Morgan fingerprint density at radius 2 is 2.04 bits per heavy atom. The van der Waals surface area contributed by atoms with Crippen molar-refractivity contribution < 1.29 is 4.39 Å². The molecule has 1 N–H and O–H groups in total. The maximum absolute atomic E-state index is 13.7. The van der Waals surface area contributed by atoms with Crippen molar-refractivity contribution >= 4 is 11.3 Å². The summed E-state index contributed by atoms with van der Waals surface area (Å²) in [6.07, 6.45) is 3.70. The number of nitrogens with one attached hydrogen (secondary N) is 1. The second-order valence-electron chi connectivity index (χ2n) is 6.22. The van der Waals surface area contributed by atoms with Gasteiger partial charge < -0.3 is 9.88 Å². The summed E-state index contributed by atoms with van der Waals surface area (Å²) in [6.45, 7) is 5.64. The first-order valence-electron chi connectivity index (χ1n) is 8.10. The summed E-state index contributed by atoms with van der Waals surface area (Å²) in [7, 11) is 1.97. The van der Waals surface area contributed by atoms with E-state index in [4.69, 9.17) is 0 Å². The van der Waals surface area contributed by atoms with Gasteiger partial charge in [-0.3, -0.25) is 0 Å². The number of imidazole rings is 1. The number of hydrogen-bond acceptors (Lipinski definition) is 3. The Morgan fingerprint density at radius 1 is 1.21 bits per heavy atom. The highest BCUT2D eigenvalue weighted by Crippen LogP contribution is 2.34.